The predicted molar refractivity (Wildman–Crippen MR) is 76.4 cm³/mol. The van der Waals surface area contributed by atoms with E-state index in [0.717, 1.165) is 24.0 Å². The van der Waals surface area contributed by atoms with E-state index in [1.54, 1.807) is 10.9 Å². The Hall–Kier alpha value is -1.24. The minimum Gasteiger partial charge on any atom is -0.392 e. The van der Waals surface area contributed by atoms with Crippen molar-refractivity contribution >= 4 is 22.6 Å². The standard InChI is InChI=1S/C13H18ClN5O/c1-8-3-4-19(6-10(8)20)7-11-16-12(14)9-5-15-18(2)13(9)17-11/h5,8,10,20H,3-4,6-7H2,1-2H3. The molecule has 2 aromatic rings. The molecule has 0 amide bonds. The number of hydrogen-bond donors (Lipinski definition) is 1. The van der Waals surface area contributed by atoms with Crippen molar-refractivity contribution in [2.75, 3.05) is 13.1 Å². The number of aromatic nitrogens is 4. The molecule has 1 aliphatic rings. The van der Waals surface area contributed by atoms with Gasteiger partial charge in [-0.05, 0) is 18.9 Å². The van der Waals surface area contributed by atoms with E-state index < -0.39 is 0 Å². The second-order valence-electron chi connectivity index (χ2n) is 5.50. The summed E-state index contributed by atoms with van der Waals surface area (Å²) in [6.07, 6.45) is 2.39. The highest BCUT2D eigenvalue weighted by atomic mass is 35.5. The molecule has 1 saturated heterocycles. The maximum atomic E-state index is 9.94. The van der Waals surface area contributed by atoms with Gasteiger partial charge in [0.05, 0.1) is 24.2 Å². The molecule has 1 fully saturated rings. The van der Waals surface area contributed by atoms with Crippen LogP contribution in [0.25, 0.3) is 11.0 Å². The molecule has 0 spiro atoms. The van der Waals surface area contributed by atoms with Crippen molar-refractivity contribution in [3.8, 4) is 0 Å². The monoisotopic (exact) mass is 295 g/mol. The molecule has 6 nitrogen and oxygen atoms in total. The third-order valence-electron chi connectivity index (χ3n) is 3.96. The van der Waals surface area contributed by atoms with Crippen LogP contribution in [-0.2, 0) is 13.6 Å². The van der Waals surface area contributed by atoms with Gasteiger partial charge < -0.3 is 5.11 Å². The first-order valence-corrected chi connectivity index (χ1v) is 7.17. The van der Waals surface area contributed by atoms with E-state index in [1.807, 2.05) is 7.05 Å². The number of aryl methyl sites for hydroxylation is 1. The van der Waals surface area contributed by atoms with Crippen LogP contribution < -0.4 is 0 Å². The number of aliphatic hydroxyl groups excluding tert-OH is 1. The van der Waals surface area contributed by atoms with Crippen LogP contribution in [0.2, 0.25) is 5.15 Å². The Labute approximate surface area is 122 Å². The van der Waals surface area contributed by atoms with E-state index in [4.69, 9.17) is 11.6 Å². The highest BCUT2D eigenvalue weighted by Gasteiger charge is 2.25. The van der Waals surface area contributed by atoms with Crippen LogP contribution in [0, 0.1) is 5.92 Å². The van der Waals surface area contributed by atoms with Crippen molar-refractivity contribution in [3.63, 3.8) is 0 Å². The molecular formula is C13H18ClN5O. The number of piperidine rings is 1. The Morgan fingerprint density at radius 1 is 1.45 bits per heavy atom. The Morgan fingerprint density at radius 3 is 3.00 bits per heavy atom. The zero-order chi connectivity index (χ0) is 14.3. The van der Waals surface area contributed by atoms with Gasteiger partial charge in [0, 0.05) is 13.6 Å². The van der Waals surface area contributed by atoms with E-state index in [-0.39, 0.29) is 6.10 Å². The Bertz CT molecular complexity index is 628. The summed E-state index contributed by atoms with van der Waals surface area (Å²) >= 11 is 6.17. The number of rotatable bonds is 2. The van der Waals surface area contributed by atoms with Crippen molar-refractivity contribution in [1.29, 1.82) is 0 Å². The lowest BCUT2D eigenvalue weighted by molar-refractivity contribution is 0.0249. The normalized spacial score (nSPS) is 24.4. The molecule has 108 valence electrons. The predicted octanol–water partition coefficient (Wildman–Crippen LogP) is 1.22. The molecule has 0 saturated carbocycles. The third-order valence-corrected chi connectivity index (χ3v) is 4.25. The molecule has 0 bridgehead atoms. The summed E-state index contributed by atoms with van der Waals surface area (Å²) in [5.41, 5.74) is 0.742. The number of halogens is 1. The quantitative estimate of drug-likeness (QED) is 0.844. The van der Waals surface area contributed by atoms with Crippen LogP contribution in [0.5, 0.6) is 0 Å². The molecule has 7 heteroatoms. The number of fused-ring (bicyclic) bond motifs is 1. The van der Waals surface area contributed by atoms with Crippen molar-refractivity contribution in [2.45, 2.75) is 26.0 Å². The molecule has 2 aromatic heterocycles. The molecule has 0 aromatic carbocycles. The smallest absolute Gasteiger partial charge is 0.162 e. The summed E-state index contributed by atoms with van der Waals surface area (Å²) in [5.74, 6) is 1.03. The van der Waals surface area contributed by atoms with Gasteiger partial charge in [-0.25, -0.2) is 9.97 Å². The molecule has 20 heavy (non-hydrogen) atoms. The molecule has 3 rings (SSSR count). The number of β-amino-alcohol motifs (C(OH)–C–C–N with tert-alkyl or cyclic N) is 1. The van der Waals surface area contributed by atoms with Crippen molar-refractivity contribution in [1.82, 2.24) is 24.6 Å². The summed E-state index contributed by atoms with van der Waals surface area (Å²) in [6, 6.07) is 0. The average molecular weight is 296 g/mol. The topological polar surface area (TPSA) is 67.1 Å². The van der Waals surface area contributed by atoms with Gasteiger partial charge in [0.1, 0.15) is 11.0 Å². The molecule has 0 aliphatic carbocycles. The SMILES string of the molecule is CC1CCN(Cc2nc(Cl)c3cnn(C)c3n2)CC1O. The minimum atomic E-state index is -0.278. The zero-order valence-electron chi connectivity index (χ0n) is 11.6. The summed E-state index contributed by atoms with van der Waals surface area (Å²) in [7, 11) is 1.84. The van der Waals surface area contributed by atoms with E-state index in [0.29, 0.717) is 30.0 Å². The van der Waals surface area contributed by atoms with Crippen LogP contribution >= 0.6 is 11.6 Å². The maximum Gasteiger partial charge on any atom is 0.162 e. The molecule has 2 unspecified atom stereocenters. The number of likely N-dealkylation sites (tertiary alicyclic amines) is 1. The van der Waals surface area contributed by atoms with Gasteiger partial charge in [0.15, 0.2) is 5.65 Å². The fraction of sp³-hybridized carbons (Fsp3) is 0.615. The number of hydrogen-bond acceptors (Lipinski definition) is 5. The number of aliphatic hydroxyl groups is 1. The zero-order valence-corrected chi connectivity index (χ0v) is 12.4. The van der Waals surface area contributed by atoms with Crippen LogP contribution in [0.3, 0.4) is 0 Å². The van der Waals surface area contributed by atoms with Gasteiger partial charge in [-0.15, -0.1) is 0 Å². The van der Waals surface area contributed by atoms with Crippen LogP contribution in [0.1, 0.15) is 19.2 Å². The van der Waals surface area contributed by atoms with E-state index >= 15 is 0 Å². The first-order chi connectivity index (χ1) is 9.54. The van der Waals surface area contributed by atoms with Gasteiger partial charge >= 0.3 is 0 Å². The lowest BCUT2D eigenvalue weighted by Crippen LogP contribution is -2.42. The van der Waals surface area contributed by atoms with Gasteiger partial charge in [0.2, 0.25) is 0 Å². The van der Waals surface area contributed by atoms with E-state index in [1.165, 1.54) is 0 Å². The highest BCUT2D eigenvalue weighted by Crippen LogP contribution is 2.22. The summed E-state index contributed by atoms with van der Waals surface area (Å²) in [4.78, 5) is 11.0. The Balaban J connectivity index is 1.82. The highest BCUT2D eigenvalue weighted by molar-refractivity contribution is 6.33. The van der Waals surface area contributed by atoms with Crippen molar-refractivity contribution < 1.29 is 5.11 Å². The fourth-order valence-corrected chi connectivity index (χ4v) is 2.79. The van der Waals surface area contributed by atoms with Crippen LogP contribution in [0.4, 0.5) is 0 Å². The van der Waals surface area contributed by atoms with Gasteiger partial charge in [0.25, 0.3) is 0 Å². The molecule has 2 atom stereocenters. The number of nitrogens with zero attached hydrogens (tertiary/aromatic N) is 5. The van der Waals surface area contributed by atoms with E-state index in [9.17, 15) is 5.11 Å². The van der Waals surface area contributed by atoms with Crippen molar-refractivity contribution in [2.24, 2.45) is 13.0 Å². The van der Waals surface area contributed by atoms with Gasteiger partial charge in [-0.2, -0.15) is 5.10 Å². The lowest BCUT2D eigenvalue weighted by atomic mass is 9.96. The lowest BCUT2D eigenvalue weighted by Gasteiger charge is -2.33. The summed E-state index contributed by atoms with van der Waals surface area (Å²) in [5, 5.41) is 15.3. The summed E-state index contributed by atoms with van der Waals surface area (Å²) < 4.78 is 1.69. The first kappa shape index (κ1) is 13.7. The second-order valence-corrected chi connectivity index (χ2v) is 5.86. The second kappa shape index (κ2) is 5.27. The third kappa shape index (κ3) is 2.51. The van der Waals surface area contributed by atoms with Gasteiger partial charge in [-0.1, -0.05) is 18.5 Å². The van der Waals surface area contributed by atoms with Crippen LogP contribution in [0.15, 0.2) is 6.20 Å². The molecule has 1 N–H and O–H groups in total. The largest absolute Gasteiger partial charge is 0.392 e. The molecule has 1 aliphatic heterocycles. The average Bonchev–Trinajstić information content (AvgIpc) is 2.77. The maximum absolute atomic E-state index is 9.94. The van der Waals surface area contributed by atoms with Gasteiger partial charge in [-0.3, -0.25) is 9.58 Å². The summed E-state index contributed by atoms with van der Waals surface area (Å²) in [6.45, 7) is 4.29. The first-order valence-electron chi connectivity index (χ1n) is 6.79. The Kier molecular flexibility index (Phi) is 3.62. The van der Waals surface area contributed by atoms with Crippen LogP contribution in [-0.4, -0.2) is 48.9 Å². The van der Waals surface area contributed by atoms with E-state index in [2.05, 4.69) is 26.9 Å². The fourth-order valence-electron chi connectivity index (χ4n) is 2.56. The molecular weight excluding hydrogens is 278 g/mol. The van der Waals surface area contributed by atoms with Crippen molar-refractivity contribution in [3.05, 3.63) is 17.2 Å². The molecule has 3 heterocycles. The molecule has 0 radical (unpaired) electrons. The minimum absolute atomic E-state index is 0.278. The Morgan fingerprint density at radius 2 is 2.25 bits per heavy atom.